The molecule has 2 rings (SSSR count). The molecule has 1 aliphatic rings. The van der Waals surface area contributed by atoms with Gasteiger partial charge < -0.3 is 15.1 Å². The first-order chi connectivity index (χ1) is 10.5. The Labute approximate surface area is 130 Å². The van der Waals surface area contributed by atoms with Gasteiger partial charge in [-0.05, 0) is 24.6 Å². The largest absolute Gasteiger partial charge is 0.347 e. The molecule has 0 bridgehead atoms. The average Bonchev–Trinajstić information content (AvgIpc) is 2.53. The zero-order chi connectivity index (χ0) is 16.1. The maximum absolute atomic E-state index is 12.8. The van der Waals surface area contributed by atoms with Crippen LogP contribution in [0.3, 0.4) is 0 Å². The van der Waals surface area contributed by atoms with Crippen LogP contribution in [0.15, 0.2) is 24.3 Å². The van der Waals surface area contributed by atoms with Crippen molar-refractivity contribution in [2.45, 2.75) is 26.4 Å². The number of benzene rings is 1. The van der Waals surface area contributed by atoms with Crippen molar-refractivity contribution in [3.8, 4) is 0 Å². The lowest BCUT2D eigenvalue weighted by atomic mass is 10.2. The summed E-state index contributed by atoms with van der Waals surface area (Å²) in [6.45, 7) is 6.83. The molecule has 1 aromatic rings. The summed E-state index contributed by atoms with van der Waals surface area (Å²) in [6, 6.07) is 5.95. The van der Waals surface area contributed by atoms with Crippen molar-refractivity contribution in [2.24, 2.45) is 0 Å². The predicted octanol–water partition coefficient (Wildman–Crippen LogP) is -0.423. The fourth-order valence-corrected chi connectivity index (χ4v) is 2.67. The van der Waals surface area contributed by atoms with E-state index in [0.29, 0.717) is 19.6 Å². The van der Waals surface area contributed by atoms with Crippen LogP contribution >= 0.6 is 0 Å². The Hall–Kier alpha value is -1.95. The highest BCUT2D eigenvalue weighted by Crippen LogP contribution is 2.02. The van der Waals surface area contributed by atoms with E-state index in [1.165, 1.54) is 17.0 Å². The molecule has 2 amide bonds. The van der Waals surface area contributed by atoms with E-state index in [4.69, 9.17) is 0 Å². The standard InChI is InChI=1S/C16H22FN3O2/c1-12(19-7-9-20(10-8-19)13(2)21)16(22)18-11-14-3-5-15(17)6-4-14/h3-6,12H,7-11H2,1-2H3,(H,18,22)/p+1/t12-/m1/s1. The number of hydrogen-bond acceptors (Lipinski definition) is 2. The highest BCUT2D eigenvalue weighted by molar-refractivity contribution is 5.80. The lowest BCUT2D eigenvalue weighted by Crippen LogP contribution is -3.19. The van der Waals surface area contributed by atoms with Gasteiger partial charge in [0.05, 0.1) is 26.2 Å². The molecule has 0 radical (unpaired) electrons. The third kappa shape index (κ3) is 4.27. The molecule has 2 N–H and O–H groups in total. The lowest BCUT2D eigenvalue weighted by Gasteiger charge is -2.34. The number of amides is 2. The Kier molecular flexibility index (Phi) is 5.49. The molecule has 5 nitrogen and oxygen atoms in total. The first kappa shape index (κ1) is 16.4. The topological polar surface area (TPSA) is 53.9 Å². The molecule has 0 saturated carbocycles. The SMILES string of the molecule is CC(=O)N1CC[NH+]([C@H](C)C(=O)NCc2ccc(F)cc2)CC1. The van der Waals surface area contributed by atoms with Gasteiger partial charge in [0.15, 0.2) is 6.04 Å². The van der Waals surface area contributed by atoms with Crippen molar-refractivity contribution in [3.63, 3.8) is 0 Å². The van der Waals surface area contributed by atoms with Gasteiger partial charge in [-0.2, -0.15) is 0 Å². The molecule has 0 spiro atoms. The van der Waals surface area contributed by atoms with Crippen LogP contribution in [0, 0.1) is 5.82 Å². The number of quaternary nitrogens is 1. The van der Waals surface area contributed by atoms with E-state index in [2.05, 4.69) is 5.32 Å². The van der Waals surface area contributed by atoms with Crippen LogP contribution in [0.5, 0.6) is 0 Å². The Bertz CT molecular complexity index is 525. The predicted molar refractivity (Wildman–Crippen MR) is 80.7 cm³/mol. The number of nitrogens with one attached hydrogen (secondary N) is 2. The van der Waals surface area contributed by atoms with Crippen molar-refractivity contribution in [1.82, 2.24) is 10.2 Å². The zero-order valence-corrected chi connectivity index (χ0v) is 13.1. The first-order valence-corrected chi connectivity index (χ1v) is 7.59. The van der Waals surface area contributed by atoms with Gasteiger partial charge in [-0.25, -0.2) is 4.39 Å². The molecule has 1 saturated heterocycles. The summed E-state index contributed by atoms with van der Waals surface area (Å²) in [7, 11) is 0. The minimum absolute atomic E-state index is 0.0180. The van der Waals surface area contributed by atoms with Gasteiger partial charge in [-0.3, -0.25) is 9.59 Å². The van der Waals surface area contributed by atoms with Gasteiger partial charge in [-0.1, -0.05) is 12.1 Å². The summed E-state index contributed by atoms with van der Waals surface area (Å²) in [5.41, 5.74) is 0.873. The fourth-order valence-electron chi connectivity index (χ4n) is 2.67. The van der Waals surface area contributed by atoms with Gasteiger partial charge >= 0.3 is 0 Å². The van der Waals surface area contributed by atoms with E-state index in [1.807, 2.05) is 11.8 Å². The normalized spacial score (nSPS) is 17.1. The van der Waals surface area contributed by atoms with Crippen molar-refractivity contribution >= 4 is 11.8 Å². The summed E-state index contributed by atoms with van der Waals surface area (Å²) in [6.07, 6.45) is 0. The van der Waals surface area contributed by atoms with Crippen molar-refractivity contribution in [2.75, 3.05) is 26.2 Å². The molecule has 0 aliphatic carbocycles. The third-order valence-corrected chi connectivity index (χ3v) is 4.24. The zero-order valence-electron chi connectivity index (χ0n) is 13.1. The number of rotatable bonds is 4. The number of hydrogen-bond donors (Lipinski definition) is 2. The van der Waals surface area contributed by atoms with Gasteiger partial charge in [0.1, 0.15) is 5.82 Å². The Morgan fingerprint density at radius 1 is 1.27 bits per heavy atom. The van der Waals surface area contributed by atoms with Crippen LogP contribution in [-0.4, -0.2) is 48.9 Å². The van der Waals surface area contributed by atoms with Crippen LogP contribution in [0.4, 0.5) is 4.39 Å². The fraction of sp³-hybridized carbons (Fsp3) is 0.500. The van der Waals surface area contributed by atoms with E-state index < -0.39 is 0 Å². The van der Waals surface area contributed by atoms with Crippen LogP contribution < -0.4 is 10.2 Å². The molecular weight excluding hydrogens is 285 g/mol. The second kappa shape index (κ2) is 7.35. The molecule has 1 aromatic carbocycles. The second-order valence-electron chi connectivity index (χ2n) is 5.73. The summed E-state index contributed by atoms with van der Waals surface area (Å²) in [5.74, 6) is -0.209. The number of halogens is 1. The van der Waals surface area contributed by atoms with E-state index >= 15 is 0 Å². The van der Waals surface area contributed by atoms with Crippen molar-refractivity contribution < 1.29 is 18.9 Å². The highest BCUT2D eigenvalue weighted by atomic mass is 19.1. The van der Waals surface area contributed by atoms with Gasteiger partial charge in [-0.15, -0.1) is 0 Å². The number of carbonyl (C=O) groups excluding carboxylic acids is 2. The monoisotopic (exact) mass is 308 g/mol. The van der Waals surface area contributed by atoms with Crippen LogP contribution in [0.1, 0.15) is 19.4 Å². The maximum atomic E-state index is 12.8. The molecule has 22 heavy (non-hydrogen) atoms. The molecule has 1 aliphatic heterocycles. The lowest BCUT2D eigenvalue weighted by molar-refractivity contribution is -0.918. The molecule has 6 heteroatoms. The summed E-state index contributed by atoms with van der Waals surface area (Å²) in [5, 5.41) is 2.89. The van der Waals surface area contributed by atoms with Crippen LogP contribution in [0.25, 0.3) is 0 Å². The van der Waals surface area contributed by atoms with Crippen LogP contribution in [0.2, 0.25) is 0 Å². The minimum Gasteiger partial charge on any atom is -0.347 e. The van der Waals surface area contributed by atoms with Gasteiger partial charge in [0, 0.05) is 13.5 Å². The van der Waals surface area contributed by atoms with Crippen molar-refractivity contribution in [1.29, 1.82) is 0 Å². The van der Waals surface area contributed by atoms with Gasteiger partial charge in [0.25, 0.3) is 5.91 Å². The highest BCUT2D eigenvalue weighted by Gasteiger charge is 2.29. The third-order valence-electron chi connectivity index (χ3n) is 4.24. The molecule has 1 atom stereocenters. The van der Waals surface area contributed by atoms with E-state index in [9.17, 15) is 14.0 Å². The Morgan fingerprint density at radius 2 is 1.86 bits per heavy atom. The van der Waals surface area contributed by atoms with Crippen molar-refractivity contribution in [3.05, 3.63) is 35.6 Å². The Balaban J connectivity index is 1.80. The van der Waals surface area contributed by atoms with E-state index in [1.54, 1.807) is 19.1 Å². The quantitative estimate of drug-likeness (QED) is 0.794. The smallest absolute Gasteiger partial charge is 0.278 e. The molecule has 1 heterocycles. The molecular formula is C16H23FN3O2+. The Morgan fingerprint density at radius 3 is 2.41 bits per heavy atom. The van der Waals surface area contributed by atoms with Gasteiger partial charge in [0.2, 0.25) is 5.91 Å². The van der Waals surface area contributed by atoms with E-state index in [0.717, 1.165) is 18.7 Å². The number of nitrogens with zero attached hydrogens (tertiary/aromatic N) is 1. The molecule has 0 unspecified atom stereocenters. The first-order valence-electron chi connectivity index (χ1n) is 7.59. The summed E-state index contributed by atoms with van der Waals surface area (Å²) < 4.78 is 12.8. The minimum atomic E-state index is -0.281. The molecule has 1 fully saturated rings. The second-order valence-corrected chi connectivity index (χ2v) is 5.73. The average molecular weight is 308 g/mol. The van der Waals surface area contributed by atoms with E-state index in [-0.39, 0.29) is 23.7 Å². The summed E-state index contributed by atoms with van der Waals surface area (Å²) in [4.78, 5) is 26.5. The summed E-state index contributed by atoms with van der Waals surface area (Å²) >= 11 is 0. The molecule has 120 valence electrons. The number of piperazine rings is 1. The number of carbonyl (C=O) groups is 2. The maximum Gasteiger partial charge on any atom is 0.278 e. The molecule has 0 aromatic heterocycles. The van der Waals surface area contributed by atoms with Crippen LogP contribution in [-0.2, 0) is 16.1 Å².